The fourth-order valence-corrected chi connectivity index (χ4v) is 10.0. The quantitative estimate of drug-likeness (QED) is 0.175. The van der Waals surface area contributed by atoms with E-state index in [1.54, 1.807) is 0 Å². The van der Waals surface area contributed by atoms with E-state index in [0.29, 0.717) is 0 Å². The van der Waals surface area contributed by atoms with Crippen molar-refractivity contribution >= 4 is 96.7 Å². The molecule has 3 heterocycles. The highest BCUT2D eigenvalue weighted by Crippen LogP contribution is 2.43. The predicted octanol–water partition coefficient (Wildman–Crippen LogP) is 14.2. The smallest absolute Gasteiger partial charge is 0.0619 e. The van der Waals surface area contributed by atoms with E-state index in [-0.39, 0.29) is 0 Å². The third kappa shape index (κ3) is 4.14. The standard InChI is InChI=1S/C50H30N2S/c1-2-12-35(13-3-1)52-44-25-20-33(28-42(44)41-23-18-32-11-5-7-15-38(32)50(41)52)34-21-26-45-43(29-34)49-37-14-6-4-10-31(37)19-27-46(49)51(45)36-22-24-40-39-16-8-9-17-47(39)53-48(40)30-36/h1-30H. The molecule has 0 aliphatic carbocycles. The molecule has 0 N–H and O–H groups in total. The van der Waals surface area contributed by atoms with Gasteiger partial charge >= 0.3 is 0 Å². The second-order valence-corrected chi connectivity index (χ2v) is 15.2. The van der Waals surface area contributed by atoms with Crippen LogP contribution in [0.1, 0.15) is 0 Å². The summed E-state index contributed by atoms with van der Waals surface area (Å²) >= 11 is 1.87. The highest BCUT2D eigenvalue weighted by molar-refractivity contribution is 7.25. The van der Waals surface area contributed by atoms with Gasteiger partial charge in [0.05, 0.1) is 22.1 Å². The van der Waals surface area contributed by atoms with Gasteiger partial charge < -0.3 is 9.13 Å². The maximum absolute atomic E-state index is 2.46. The lowest BCUT2D eigenvalue weighted by Crippen LogP contribution is -1.94. The van der Waals surface area contributed by atoms with E-state index in [0.717, 1.165) is 0 Å². The third-order valence-electron chi connectivity index (χ3n) is 11.3. The fourth-order valence-electron chi connectivity index (χ4n) is 8.91. The van der Waals surface area contributed by atoms with Crippen molar-refractivity contribution in [3.8, 4) is 22.5 Å². The SMILES string of the molecule is c1ccc(-n2c3ccc(-c4ccc5c(c4)c4c6ccccc6ccc4n5-c4ccc5c(c4)sc4ccccc45)cc3c3ccc4ccccc4c32)cc1. The summed E-state index contributed by atoms with van der Waals surface area (Å²) in [5, 5.41) is 12.8. The minimum Gasteiger partial charge on any atom is -0.309 e. The molecule has 0 unspecified atom stereocenters. The summed E-state index contributed by atoms with van der Waals surface area (Å²) in [7, 11) is 0. The van der Waals surface area contributed by atoms with Crippen LogP contribution >= 0.6 is 11.3 Å². The molecule has 53 heavy (non-hydrogen) atoms. The van der Waals surface area contributed by atoms with Gasteiger partial charge in [-0.15, -0.1) is 11.3 Å². The number of aromatic nitrogens is 2. The summed E-state index contributed by atoms with van der Waals surface area (Å²) < 4.78 is 7.54. The van der Waals surface area contributed by atoms with Gasteiger partial charge in [0.15, 0.2) is 0 Å². The molecule has 0 atom stereocenters. The average Bonchev–Trinajstić information content (AvgIpc) is 3.88. The van der Waals surface area contributed by atoms with Crippen molar-refractivity contribution < 1.29 is 0 Å². The van der Waals surface area contributed by atoms with Crippen LogP contribution in [0.2, 0.25) is 0 Å². The highest BCUT2D eigenvalue weighted by atomic mass is 32.1. The first-order valence-electron chi connectivity index (χ1n) is 18.2. The molecular formula is C50H30N2S. The third-order valence-corrected chi connectivity index (χ3v) is 12.4. The highest BCUT2D eigenvalue weighted by Gasteiger charge is 2.19. The molecule has 0 fully saturated rings. The number of para-hydroxylation sites is 1. The Hall–Kier alpha value is -6.68. The van der Waals surface area contributed by atoms with Gasteiger partial charge in [-0.1, -0.05) is 121 Å². The monoisotopic (exact) mass is 690 g/mol. The Morgan fingerprint density at radius 2 is 0.925 bits per heavy atom. The molecule has 3 aromatic heterocycles. The van der Waals surface area contributed by atoms with Crippen LogP contribution in [-0.2, 0) is 0 Å². The first kappa shape index (κ1) is 29.0. The molecule has 0 amide bonds. The normalized spacial score (nSPS) is 12.2. The van der Waals surface area contributed by atoms with Gasteiger partial charge in [-0.25, -0.2) is 0 Å². The van der Waals surface area contributed by atoms with Crippen molar-refractivity contribution in [2.24, 2.45) is 0 Å². The molecule has 0 saturated carbocycles. The van der Waals surface area contributed by atoms with Crippen molar-refractivity contribution in [2.45, 2.75) is 0 Å². The summed E-state index contributed by atoms with van der Waals surface area (Å²) in [5.74, 6) is 0. The van der Waals surface area contributed by atoms with Crippen LogP contribution in [0, 0.1) is 0 Å². The molecule has 0 bridgehead atoms. The topological polar surface area (TPSA) is 9.86 Å². The van der Waals surface area contributed by atoms with E-state index in [1.165, 1.54) is 108 Å². The minimum atomic E-state index is 1.17. The lowest BCUT2D eigenvalue weighted by molar-refractivity contribution is 1.19. The Labute approximate surface area is 309 Å². The van der Waals surface area contributed by atoms with Crippen molar-refractivity contribution in [1.29, 1.82) is 0 Å². The van der Waals surface area contributed by atoms with Crippen LogP contribution in [0.25, 0.3) is 108 Å². The Balaban J connectivity index is 1.11. The number of thiophene rings is 1. The second-order valence-electron chi connectivity index (χ2n) is 14.1. The van der Waals surface area contributed by atoms with Crippen molar-refractivity contribution in [3.63, 3.8) is 0 Å². The number of rotatable bonds is 3. The first-order valence-corrected chi connectivity index (χ1v) is 19.0. The number of benzene rings is 9. The molecule has 0 aliphatic heterocycles. The lowest BCUT2D eigenvalue weighted by Gasteiger charge is -2.10. The lowest BCUT2D eigenvalue weighted by atomic mass is 9.98. The van der Waals surface area contributed by atoms with Gasteiger partial charge in [0, 0.05) is 58.5 Å². The van der Waals surface area contributed by atoms with Crippen molar-refractivity contribution in [1.82, 2.24) is 9.13 Å². The summed E-state index contributed by atoms with van der Waals surface area (Å²) in [5.41, 5.74) is 9.70. The van der Waals surface area contributed by atoms with Gasteiger partial charge in [-0.3, -0.25) is 0 Å². The van der Waals surface area contributed by atoms with Gasteiger partial charge in [-0.2, -0.15) is 0 Å². The molecule has 3 heteroatoms. The zero-order valence-corrected chi connectivity index (χ0v) is 29.4. The van der Waals surface area contributed by atoms with Gasteiger partial charge in [0.2, 0.25) is 0 Å². The van der Waals surface area contributed by atoms with E-state index in [4.69, 9.17) is 0 Å². The number of hydrogen-bond acceptors (Lipinski definition) is 1. The minimum absolute atomic E-state index is 1.17. The van der Waals surface area contributed by atoms with Crippen LogP contribution in [0.5, 0.6) is 0 Å². The summed E-state index contributed by atoms with van der Waals surface area (Å²) in [4.78, 5) is 0. The van der Waals surface area contributed by atoms with E-state index in [9.17, 15) is 0 Å². The van der Waals surface area contributed by atoms with E-state index in [2.05, 4.69) is 191 Å². The summed E-state index contributed by atoms with van der Waals surface area (Å²) in [6, 6.07) is 67.3. The van der Waals surface area contributed by atoms with Crippen LogP contribution in [0.15, 0.2) is 182 Å². The number of nitrogens with zero attached hydrogens (tertiary/aromatic N) is 2. The molecule has 12 rings (SSSR count). The Kier molecular flexibility index (Phi) is 5.96. The summed E-state index contributed by atoms with van der Waals surface area (Å²) in [6.07, 6.45) is 0. The van der Waals surface area contributed by atoms with Gasteiger partial charge in [0.1, 0.15) is 0 Å². The van der Waals surface area contributed by atoms with Crippen LogP contribution < -0.4 is 0 Å². The number of hydrogen-bond donors (Lipinski definition) is 0. The van der Waals surface area contributed by atoms with E-state index < -0.39 is 0 Å². The molecule has 0 radical (unpaired) electrons. The average molecular weight is 691 g/mol. The van der Waals surface area contributed by atoms with E-state index >= 15 is 0 Å². The largest absolute Gasteiger partial charge is 0.309 e. The molecule has 2 nitrogen and oxygen atoms in total. The molecule has 9 aromatic carbocycles. The molecule has 0 saturated heterocycles. The maximum atomic E-state index is 2.46. The van der Waals surface area contributed by atoms with Gasteiger partial charge in [-0.05, 0) is 87.9 Å². The number of fused-ring (bicyclic) bond motifs is 13. The molecule has 246 valence electrons. The zero-order chi connectivity index (χ0) is 34.6. The molecule has 0 aliphatic rings. The fraction of sp³-hybridized carbons (Fsp3) is 0. The predicted molar refractivity (Wildman–Crippen MR) is 228 cm³/mol. The second kappa shape index (κ2) is 10.9. The zero-order valence-electron chi connectivity index (χ0n) is 28.6. The van der Waals surface area contributed by atoms with Crippen molar-refractivity contribution in [2.75, 3.05) is 0 Å². The Bertz CT molecular complexity index is 3450. The molecular weight excluding hydrogens is 661 g/mol. The van der Waals surface area contributed by atoms with Gasteiger partial charge in [0.25, 0.3) is 0 Å². The Morgan fingerprint density at radius 1 is 0.321 bits per heavy atom. The molecule has 0 spiro atoms. The maximum Gasteiger partial charge on any atom is 0.0619 e. The van der Waals surface area contributed by atoms with Crippen LogP contribution in [0.3, 0.4) is 0 Å². The van der Waals surface area contributed by atoms with E-state index in [1.807, 2.05) is 11.3 Å². The first-order chi connectivity index (χ1) is 26.3. The molecule has 12 aromatic rings. The van der Waals surface area contributed by atoms with Crippen LogP contribution in [0.4, 0.5) is 0 Å². The summed E-state index contributed by atoms with van der Waals surface area (Å²) in [6.45, 7) is 0. The van der Waals surface area contributed by atoms with Crippen LogP contribution in [-0.4, -0.2) is 9.13 Å². The van der Waals surface area contributed by atoms with Crippen molar-refractivity contribution in [3.05, 3.63) is 182 Å². The Morgan fingerprint density at radius 3 is 1.75 bits per heavy atom.